The van der Waals surface area contributed by atoms with Crippen molar-refractivity contribution in [3.8, 4) is 0 Å². The lowest BCUT2D eigenvalue weighted by molar-refractivity contribution is -0.147. The van der Waals surface area contributed by atoms with Crippen molar-refractivity contribution in [1.29, 1.82) is 0 Å². The number of hydrogen-bond donors (Lipinski definition) is 3. The number of fused-ring (bicyclic) bond motifs is 5. The molecule has 0 aromatic carbocycles. The van der Waals surface area contributed by atoms with Crippen LogP contribution in [-0.4, -0.2) is 33.5 Å². The highest BCUT2D eigenvalue weighted by Crippen LogP contribution is 2.69. The number of rotatable bonds is 4. The van der Waals surface area contributed by atoms with Crippen LogP contribution < -0.4 is 0 Å². The van der Waals surface area contributed by atoms with Crippen molar-refractivity contribution in [1.82, 2.24) is 0 Å². The van der Waals surface area contributed by atoms with Crippen LogP contribution in [0.25, 0.3) is 0 Å². The number of aliphatic hydroxyl groups excluding tert-OH is 2. The summed E-state index contributed by atoms with van der Waals surface area (Å²) in [5.41, 5.74) is 1.31. The molecule has 4 aliphatic carbocycles. The first-order valence-corrected chi connectivity index (χ1v) is 11.9. The first kappa shape index (κ1) is 21.4. The van der Waals surface area contributed by atoms with Crippen LogP contribution in [0, 0.1) is 46.3 Å². The van der Waals surface area contributed by atoms with Gasteiger partial charge < -0.3 is 15.3 Å². The van der Waals surface area contributed by atoms with Gasteiger partial charge in [0.25, 0.3) is 0 Å². The third kappa shape index (κ3) is 3.20. The van der Waals surface area contributed by atoms with Crippen molar-refractivity contribution in [2.75, 3.05) is 0 Å². The molecule has 0 spiro atoms. The molecule has 0 saturated heterocycles. The molecular formula is C25H40O4. The van der Waals surface area contributed by atoms with E-state index in [2.05, 4.69) is 27.4 Å². The Balaban J connectivity index is 1.60. The van der Waals surface area contributed by atoms with Gasteiger partial charge in [-0.25, -0.2) is 0 Å². The fourth-order valence-electron chi connectivity index (χ4n) is 8.72. The van der Waals surface area contributed by atoms with Crippen molar-refractivity contribution in [3.63, 3.8) is 0 Å². The highest BCUT2D eigenvalue weighted by molar-refractivity contribution is 5.66. The van der Waals surface area contributed by atoms with E-state index < -0.39 is 12.1 Å². The zero-order chi connectivity index (χ0) is 21.1. The molecule has 29 heavy (non-hydrogen) atoms. The quantitative estimate of drug-likeness (QED) is 0.596. The van der Waals surface area contributed by atoms with E-state index in [1.165, 1.54) is 6.42 Å². The second kappa shape index (κ2) is 7.37. The SMILES string of the molecule is C=C1C2C[C@H](O)CCC2(C)[C@H]2CCC3(C)[C@@H]([C@H](C)CCC(=O)O)CC[C@H]3C2[C@@H]1O. The normalized spacial score (nSPS) is 50.4. The monoisotopic (exact) mass is 404 g/mol. The summed E-state index contributed by atoms with van der Waals surface area (Å²) in [4.78, 5) is 11.1. The minimum Gasteiger partial charge on any atom is -0.481 e. The van der Waals surface area contributed by atoms with Gasteiger partial charge in [0.1, 0.15) is 0 Å². The van der Waals surface area contributed by atoms with Gasteiger partial charge in [0.2, 0.25) is 0 Å². The molecule has 4 saturated carbocycles. The maximum Gasteiger partial charge on any atom is 0.303 e. The van der Waals surface area contributed by atoms with Crippen LogP contribution >= 0.6 is 0 Å². The van der Waals surface area contributed by atoms with Crippen molar-refractivity contribution in [2.24, 2.45) is 46.3 Å². The Bertz CT molecular complexity index is 674. The summed E-state index contributed by atoms with van der Waals surface area (Å²) >= 11 is 0. The Morgan fingerprint density at radius 3 is 2.45 bits per heavy atom. The van der Waals surface area contributed by atoms with Crippen LogP contribution in [0.5, 0.6) is 0 Å². The fraction of sp³-hybridized carbons (Fsp3) is 0.880. The lowest BCUT2D eigenvalue weighted by Gasteiger charge is -2.63. The molecule has 0 aromatic heterocycles. The molecule has 4 nitrogen and oxygen atoms in total. The van der Waals surface area contributed by atoms with E-state index in [-0.39, 0.29) is 35.2 Å². The summed E-state index contributed by atoms with van der Waals surface area (Å²) in [5, 5.41) is 30.8. The summed E-state index contributed by atoms with van der Waals surface area (Å²) in [6.45, 7) is 11.4. The van der Waals surface area contributed by atoms with Gasteiger partial charge in [0.15, 0.2) is 0 Å². The zero-order valence-electron chi connectivity index (χ0n) is 18.4. The topological polar surface area (TPSA) is 77.8 Å². The predicted octanol–water partition coefficient (Wildman–Crippen LogP) is 4.64. The van der Waals surface area contributed by atoms with Crippen LogP contribution in [0.2, 0.25) is 0 Å². The van der Waals surface area contributed by atoms with E-state index in [0.29, 0.717) is 23.7 Å². The van der Waals surface area contributed by atoms with Crippen LogP contribution in [0.1, 0.15) is 78.6 Å². The third-order valence-electron chi connectivity index (χ3n) is 10.3. The maximum absolute atomic E-state index is 11.4. The Morgan fingerprint density at radius 2 is 1.76 bits per heavy atom. The van der Waals surface area contributed by atoms with E-state index in [4.69, 9.17) is 5.11 Å². The number of aliphatic hydroxyl groups is 2. The molecule has 4 heteroatoms. The molecule has 4 rings (SSSR count). The van der Waals surface area contributed by atoms with E-state index in [0.717, 1.165) is 50.5 Å². The van der Waals surface area contributed by atoms with Gasteiger partial charge in [-0.1, -0.05) is 27.4 Å². The number of aliphatic carboxylic acids is 1. The largest absolute Gasteiger partial charge is 0.481 e. The fourth-order valence-corrected chi connectivity index (χ4v) is 8.72. The summed E-state index contributed by atoms with van der Waals surface area (Å²) in [6.07, 6.45) is 7.59. The molecule has 4 aliphatic rings. The van der Waals surface area contributed by atoms with Gasteiger partial charge >= 0.3 is 5.97 Å². The van der Waals surface area contributed by atoms with E-state index >= 15 is 0 Å². The van der Waals surface area contributed by atoms with Crippen LogP contribution in [0.4, 0.5) is 0 Å². The molecule has 0 aromatic rings. The zero-order valence-corrected chi connectivity index (χ0v) is 18.4. The second-order valence-electron chi connectivity index (χ2n) is 11.4. The first-order chi connectivity index (χ1) is 13.6. The Labute approximate surface area is 175 Å². The molecule has 0 radical (unpaired) electrons. The lowest BCUT2D eigenvalue weighted by atomic mass is 9.43. The highest BCUT2D eigenvalue weighted by atomic mass is 16.4. The molecule has 0 heterocycles. The molecule has 0 aliphatic heterocycles. The van der Waals surface area contributed by atoms with Crippen molar-refractivity contribution >= 4 is 5.97 Å². The molecule has 4 fully saturated rings. The lowest BCUT2D eigenvalue weighted by Crippen LogP contribution is -2.59. The van der Waals surface area contributed by atoms with Gasteiger partial charge in [0.05, 0.1) is 12.2 Å². The van der Waals surface area contributed by atoms with Crippen molar-refractivity contribution in [2.45, 2.75) is 90.8 Å². The average Bonchev–Trinajstić information content (AvgIpc) is 3.02. The molecule has 164 valence electrons. The minimum atomic E-state index is -0.697. The summed E-state index contributed by atoms with van der Waals surface area (Å²) < 4.78 is 0. The van der Waals surface area contributed by atoms with Gasteiger partial charge in [-0.05, 0) is 103 Å². The second-order valence-corrected chi connectivity index (χ2v) is 11.4. The average molecular weight is 405 g/mol. The first-order valence-electron chi connectivity index (χ1n) is 11.9. The van der Waals surface area contributed by atoms with Crippen molar-refractivity contribution < 1.29 is 20.1 Å². The number of carbonyl (C=O) groups is 1. The number of carboxylic acid groups (broad SMARTS) is 1. The molecule has 10 atom stereocenters. The van der Waals surface area contributed by atoms with Crippen LogP contribution in [0.15, 0.2) is 12.2 Å². The Morgan fingerprint density at radius 1 is 1.10 bits per heavy atom. The van der Waals surface area contributed by atoms with Gasteiger partial charge in [-0.2, -0.15) is 0 Å². The smallest absolute Gasteiger partial charge is 0.303 e. The number of carboxylic acids is 1. The number of hydrogen-bond acceptors (Lipinski definition) is 3. The summed E-state index contributed by atoms with van der Waals surface area (Å²) in [5.74, 6) is 1.77. The predicted molar refractivity (Wildman–Crippen MR) is 113 cm³/mol. The van der Waals surface area contributed by atoms with E-state index in [9.17, 15) is 15.0 Å². The standard InChI is InChI=1S/C25H40O4/c1-14(5-8-21(27)28)17-6-7-18-22-19(10-12-24(17,18)3)25(4)11-9-16(26)13-20(25)15(2)23(22)29/h14,16-20,22-23,26,29H,2,5-13H2,1,3-4H3,(H,27,28)/t14-,16-,17-,18+,19+,20?,22?,23-,24?,25?/m1/s1. The minimum absolute atomic E-state index is 0.147. The van der Waals surface area contributed by atoms with Gasteiger partial charge in [0, 0.05) is 6.42 Å². The Hall–Kier alpha value is -0.870. The van der Waals surface area contributed by atoms with Crippen LogP contribution in [0.3, 0.4) is 0 Å². The highest BCUT2D eigenvalue weighted by Gasteiger charge is 2.63. The molecule has 0 amide bonds. The van der Waals surface area contributed by atoms with E-state index in [1.54, 1.807) is 0 Å². The van der Waals surface area contributed by atoms with Gasteiger partial charge in [-0.15, -0.1) is 0 Å². The van der Waals surface area contributed by atoms with Gasteiger partial charge in [-0.3, -0.25) is 4.79 Å². The third-order valence-corrected chi connectivity index (χ3v) is 10.3. The maximum atomic E-state index is 11.4. The van der Waals surface area contributed by atoms with Crippen LogP contribution in [-0.2, 0) is 4.79 Å². The van der Waals surface area contributed by atoms with E-state index in [1.807, 2.05) is 0 Å². The molecule has 3 N–H and O–H groups in total. The summed E-state index contributed by atoms with van der Waals surface area (Å²) in [6, 6.07) is 0. The van der Waals surface area contributed by atoms with Crippen molar-refractivity contribution in [3.05, 3.63) is 12.2 Å². The molecule has 0 bridgehead atoms. The Kier molecular flexibility index (Phi) is 5.43. The molecular weight excluding hydrogens is 364 g/mol. The molecule has 4 unspecified atom stereocenters. The summed E-state index contributed by atoms with van der Waals surface area (Å²) in [7, 11) is 0.